The average molecular weight is 377 g/mol. The molecule has 0 fully saturated rings. The van der Waals surface area contributed by atoms with Gasteiger partial charge >= 0.3 is 5.97 Å². The van der Waals surface area contributed by atoms with E-state index >= 15 is 0 Å². The Kier molecular flexibility index (Phi) is 5.31. The van der Waals surface area contributed by atoms with Crippen LogP contribution in [0.4, 0.5) is 0 Å². The molecule has 27 heavy (non-hydrogen) atoms. The molecule has 0 aromatic carbocycles. The van der Waals surface area contributed by atoms with E-state index in [2.05, 4.69) is 10.6 Å². The molecule has 0 saturated heterocycles. The standard InChI is InChI=1S/C18H23N3O6/c1-9(23)19-13(8-22)17(25)20-12-3-2-10-4-5-21-7-11(18(26)27)6-14(24)15(12)16(10)21/h4-5,11-13,15,22H,2-3,6-8H2,1H3,(H,19,23)(H,20,25)(H,26,27)/t11-,12-,13?,15?/m0/s1. The van der Waals surface area contributed by atoms with Gasteiger partial charge in [-0.25, -0.2) is 0 Å². The number of nitrogens with one attached hydrogen (secondary N) is 2. The molecule has 4 atom stereocenters. The quantitative estimate of drug-likeness (QED) is 0.529. The number of aliphatic hydroxyl groups excluding tert-OH is 1. The van der Waals surface area contributed by atoms with Gasteiger partial charge < -0.3 is 25.4 Å². The van der Waals surface area contributed by atoms with E-state index in [-0.39, 0.29) is 18.7 Å². The molecule has 2 amide bonds. The zero-order valence-corrected chi connectivity index (χ0v) is 15.0. The number of ketones is 1. The first-order valence-electron chi connectivity index (χ1n) is 8.93. The van der Waals surface area contributed by atoms with Gasteiger partial charge in [-0.2, -0.15) is 0 Å². The summed E-state index contributed by atoms with van der Waals surface area (Å²) in [7, 11) is 0. The van der Waals surface area contributed by atoms with Crippen molar-refractivity contribution in [2.45, 2.75) is 50.7 Å². The molecule has 2 heterocycles. The molecule has 146 valence electrons. The summed E-state index contributed by atoms with van der Waals surface area (Å²) in [5.41, 5.74) is 1.76. The lowest BCUT2D eigenvalue weighted by molar-refractivity contribution is -0.144. The third-order valence-electron chi connectivity index (χ3n) is 5.28. The first-order chi connectivity index (χ1) is 12.8. The van der Waals surface area contributed by atoms with E-state index < -0.39 is 48.3 Å². The SMILES string of the molecule is CC(=O)NC(CO)C(=O)N[C@H]1CCc2ccn3c2C1C(=O)C[C@H](C(=O)O)C3. The zero-order chi connectivity index (χ0) is 19.7. The predicted molar refractivity (Wildman–Crippen MR) is 92.9 cm³/mol. The monoisotopic (exact) mass is 377 g/mol. The van der Waals surface area contributed by atoms with Gasteiger partial charge in [0.05, 0.1) is 18.4 Å². The lowest BCUT2D eigenvalue weighted by Crippen LogP contribution is -2.53. The molecule has 9 heteroatoms. The van der Waals surface area contributed by atoms with E-state index in [0.29, 0.717) is 12.8 Å². The minimum atomic E-state index is -1.09. The highest BCUT2D eigenvalue weighted by Crippen LogP contribution is 2.37. The van der Waals surface area contributed by atoms with Gasteiger partial charge in [-0.05, 0) is 24.5 Å². The summed E-state index contributed by atoms with van der Waals surface area (Å²) in [6.45, 7) is 0.911. The smallest absolute Gasteiger partial charge is 0.308 e. The van der Waals surface area contributed by atoms with Gasteiger partial charge in [0.15, 0.2) is 0 Å². The fraction of sp³-hybridized carbons (Fsp3) is 0.556. The average Bonchev–Trinajstić information content (AvgIpc) is 2.93. The molecule has 1 aliphatic carbocycles. The molecule has 3 rings (SSSR count). The van der Waals surface area contributed by atoms with Crippen molar-refractivity contribution in [3.8, 4) is 0 Å². The van der Waals surface area contributed by atoms with Crippen LogP contribution >= 0.6 is 0 Å². The normalized spacial score (nSPS) is 25.1. The van der Waals surface area contributed by atoms with Gasteiger partial charge in [0.2, 0.25) is 11.8 Å². The first kappa shape index (κ1) is 19.1. The van der Waals surface area contributed by atoms with E-state index in [9.17, 15) is 29.4 Å². The number of aliphatic carboxylic acids is 1. The highest BCUT2D eigenvalue weighted by molar-refractivity contribution is 5.92. The van der Waals surface area contributed by atoms with Crippen LogP contribution in [0.15, 0.2) is 12.3 Å². The van der Waals surface area contributed by atoms with Crippen LogP contribution in [0.1, 0.15) is 36.9 Å². The number of aliphatic hydroxyl groups is 1. The molecule has 2 unspecified atom stereocenters. The van der Waals surface area contributed by atoms with Crippen LogP contribution in [0.3, 0.4) is 0 Å². The minimum Gasteiger partial charge on any atom is -0.481 e. The van der Waals surface area contributed by atoms with Crippen LogP contribution in [0, 0.1) is 5.92 Å². The second-order valence-corrected chi connectivity index (χ2v) is 7.15. The van der Waals surface area contributed by atoms with Crippen molar-refractivity contribution >= 4 is 23.6 Å². The Labute approximate surface area is 155 Å². The van der Waals surface area contributed by atoms with Crippen molar-refractivity contribution in [2.24, 2.45) is 5.92 Å². The third kappa shape index (κ3) is 3.73. The molecule has 2 aliphatic rings. The summed E-state index contributed by atoms with van der Waals surface area (Å²) in [5, 5.41) is 23.9. The molecule has 0 radical (unpaired) electrons. The van der Waals surface area contributed by atoms with Crippen molar-refractivity contribution in [3.63, 3.8) is 0 Å². The van der Waals surface area contributed by atoms with Crippen LogP contribution in [0.2, 0.25) is 0 Å². The fourth-order valence-corrected chi connectivity index (χ4v) is 4.04. The maximum atomic E-state index is 12.9. The van der Waals surface area contributed by atoms with Crippen LogP contribution in [0.5, 0.6) is 0 Å². The van der Waals surface area contributed by atoms with Gasteiger partial charge in [-0.3, -0.25) is 19.2 Å². The van der Waals surface area contributed by atoms with E-state index in [0.717, 1.165) is 11.3 Å². The molecular weight excluding hydrogens is 354 g/mol. The molecule has 1 aromatic rings. The summed E-state index contributed by atoms with van der Waals surface area (Å²) in [6, 6.07) is 0.288. The van der Waals surface area contributed by atoms with E-state index in [4.69, 9.17) is 0 Å². The summed E-state index contributed by atoms with van der Waals surface area (Å²) < 4.78 is 1.80. The fourth-order valence-electron chi connectivity index (χ4n) is 4.04. The number of carboxylic acid groups (broad SMARTS) is 1. The minimum absolute atomic E-state index is 0.0946. The van der Waals surface area contributed by atoms with Gasteiger partial charge in [0.1, 0.15) is 11.8 Å². The largest absolute Gasteiger partial charge is 0.481 e. The number of carbonyl (C=O) groups excluding carboxylic acids is 3. The van der Waals surface area contributed by atoms with Crippen molar-refractivity contribution in [2.75, 3.05) is 6.61 Å². The number of carbonyl (C=O) groups is 4. The van der Waals surface area contributed by atoms with Crippen LogP contribution < -0.4 is 10.6 Å². The lowest BCUT2D eigenvalue weighted by Gasteiger charge is -2.32. The maximum Gasteiger partial charge on any atom is 0.308 e. The second kappa shape index (κ2) is 7.51. The third-order valence-corrected chi connectivity index (χ3v) is 5.28. The Morgan fingerprint density at radius 3 is 2.74 bits per heavy atom. The highest BCUT2D eigenvalue weighted by Gasteiger charge is 2.42. The number of hydrogen-bond acceptors (Lipinski definition) is 5. The molecule has 1 aliphatic heterocycles. The highest BCUT2D eigenvalue weighted by atomic mass is 16.4. The van der Waals surface area contributed by atoms with E-state index in [1.165, 1.54) is 6.92 Å². The molecule has 1 aromatic heterocycles. The number of rotatable bonds is 5. The van der Waals surface area contributed by atoms with Crippen LogP contribution in [-0.4, -0.2) is 57.0 Å². The number of hydrogen-bond donors (Lipinski definition) is 4. The molecular formula is C18H23N3O6. The number of amides is 2. The van der Waals surface area contributed by atoms with Gasteiger partial charge in [-0.1, -0.05) is 0 Å². The summed E-state index contributed by atoms with van der Waals surface area (Å²) >= 11 is 0. The molecule has 9 nitrogen and oxygen atoms in total. The van der Waals surface area contributed by atoms with Gasteiger partial charge in [0, 0.05) is 37.8 Å². The van der Waals surface area contributed by atoms with Gasteiger partial charge in [0.25, 0.3) is 0 Å². The molecule has 0 spiro atoms. The Balaban J connectivity index is 1.86. The lowest BCUT2D eigenvalue weighted by atomic mass is 9.79. The van der Waals surface area contributed by atoms with Gasteiger partial charge in [-0.15, -0.1) is 0 Å². The Bertz CT molecular complexity index is 786. The summed E-state index contributed by atoms with van der Waals surface area (Å²) in [5.74, 6) is -3.68. The summed E-state index contributed by atoms with van der Waals surface area (Å²) in [4.78, 5) is 48.0. The van der Waals surface area contributed by atoms with Crippen molar-refractivity contribution in [1.82, 2.24) is 15.2 Å². The molecule has 0 saturated carbocycles. The van der Waals surface area contributed by atoms with Crippen molar-refractivity contribution in [1.29, 1.82) is 0 Å². The predicted octanol–water partition coefficient (Wildman–Crippen LogP) is -0.827. The number of aryl methyl sites for hydroxylation is 1. The number of nitrogens with zero attached hydrogens (tertiary/aromatic N) is 1. The number of carboxylic acids is 1. The second-order valence-electron chi connectivity index (χ2n) is 7.15. The Morgan fingerprint density at radius 2 is 2.11 bits per heavy atom. The first-order valence-corrected chi connectivity index (χ1v) is 8.93. The Morgan fingerprint density at radius 1 is 1.37 bits per heavy atom. The number of aromatic nitrogens is 1. The van der Waals surface area contributed by atoms with Crippen molar-refractivity contribution in [3.05, 3.63) is 23.5 Å². The molecule has 4 N–H and O–H groups in total. The topological polar surface area (TPSA) is 138 Å². The molecule has 0 bridgehead atoms. The van der Waals surface area contributed by atoms with Crippen LogP contribution in [-0.2, 0) is 32.1 Å². The Hall–Kier alpha value is -2.68. The maximum absolute atomic E-state index is 12.9. The van der Waals surface area contributed by atoms with Crippen molar-refractivity contribution < 1.29 is 29.4 Å². The summed E-state index contributed by atoms with van der Waals surface area (Å²) in [6.07, 6.45) is 2.88. The van der Waals surface area contributed by atoms with Crippen LogP contribution in [0.25, 0.3) is 0 Å². The zero-order valence-electron chi connectivity index (χ0n) is 15.0. The van der Waals surface area contributed by atoms with E-state index in [1.807, 2.05) is 6.07 Å². The van der Waals surface area contributed by atoms with E-state index in [1.54, 1.807) is 10.8 Å². The number of Topliss-reactive ketones (excluding diaryl/α,β-unsaturated/α-hetero) is 1.